The summed E-state index contributed by atoms with van der Waals surface area (Å²) in [5, 5.41) is 11.4. The van der Waals surface area contributed by atoms with Gasteiger partial charge in [0.1, 0.15) is 12.4 Å². The Morgan fingerprint density at radius 1 is 1.06 bits per heavy atom. The van der Waals surface area contributed by atoms with E-state index in [1.165, 1.54) is 21.2 Å². The van der Waals surface area contributed by atoms with Crippen LogP contribution >= 0.6 is 0 Å². The molecule has 0 fully saturated rings. The highest BCUT2D eigenvalue weighted by molar-refractivity contribution is 5.50. The Labute approximate surface area is 183 Å². The maximum atomic E-state index is 12.8. The number of ether oxygens (including phenoxy) is 2. The van der Waals surface area contributed by atoms with Crippen molar-refractivity contribution in [1.29, 1.82) is 0 Å². The van der Waals surface area contributed by atoms with Crippen LogP contribution in [0.3, 0.4) is 0 Å². The molecule has 0 saturated carbocycles. The van der Waals surface area contributed by atoms with Crippen LogP contribution in [-0.2, 0) is 20.7 Å². The lowest BCUT2D eigenvalue weighted by Gasteiger charge is -2.19. The summed E-state index contributed by atoms with van der Waals surface area (Å²) in [4.78, 5) is 35.9. The summed E-state index contributed by atoms with van der Waals surface area (Å²) in [7, 11) is 4.17. The molecule has 10 nitrogen and oxygen atoms in total. The van der Waals surface area contributed by atoms with Crippen molar-refractivity contribution in [2.45, 2.75) is 12.5 Å². The van der Waals surface area contributed by atoms with Crippen molar-refractivity contribution in [2.24, 2.45) is 14.1 Å². The summed E-state index contributed by atoms with van der Waals surface area (Å²) in [6.07, 6.45) is 0. The maximum Gasteiger partial charge on any atom is 0.332 e. The smallest absolute Gasteiger partial charge is 0.332 e. The second kappa shape index (κ2) is 9.38. The summed E-state index contributed by atoms with van der Waals surface area (Å²) < 4.78 is 13.2. The molecule has 2 aromatic carbocycles. The molecule has 0 aliphatic rings. The molecule has 32 heavy (non-hydrogen) atoms. The zero-order valence-electron chi connectivity index (χ0n) is 18.0. The lowest BCUT2D eigenvalue weighted by atomic mass is 9.91. The largest absolute Gasteiger partial charge is 0.493 e. The van der Waals surface area contributed by atoms with Crippen LogP contribution in [0.5, 0.6) is 11.5 Å². The average Bonchev–Trinajstić information content (AvgIpc) is 2.80. The average molecular weight is 440 g/mol. The predicted octanol–water partition coefficient (Wildman–Crippen LogP) is 1.66. The molecule has 0 aliphatic carbocycles. The first kappa shape index (κ1) is 22.6. The van der Waals surface area contributed by atoms with Crippen LogP contribution < -0.4 is 26.5 Å². The molecule has 0 spiro atoms. The zero-order chi connectivity index (χ0) is 23.4. The summed E-state index contributed by atoms with van der Waals surface area (Å²) in [5.74, 6) is -0.311. The highest BCUT2D eigenvalue weighted by Crippen LogP contribution is 2.34. The van der Waals surface area contributed by atoms with Crippen LogP contribution in [0, 0.1) is 10.1 Å². The van der Waals surface area contributed by atoms with Crippen LogP contribution in [0.15, 0.2) is 58.1 Å². The number of nitro groups is 1. The number of methoxy groups -OCH3 is 1. The monoisotopic (exact) mass is 440 g/mol. The molecule has 168 valence electrons. The van der Waals surface area contributed by atoms with Gasteiger partial charge in [0.25, 0.3) is 5.56 Å². The van der Waals surface area contributed by atoms with Crippen LogP contribution in [0.1, 0.15) is 22.6 Å². The number of hydrogen-bond donors (Lipinski definition) is 1. The molecule has 10 heteroatoms. The standard InChI is InChI=1S/C22H24N4O6/c1-24-20(23)19(21(27)25(2)22(24)28)16(12-26(29)30)15-9-10-17(18(11-15)31-3)32-13-14-7-5-4-6-8-14/h4-11,16H,12-13,23H2,1-3H3. The zero-order valence-corrected chi connectivity index (χ0v) is 18.0. The van der Waals surface area contributed by atoms with E-state index in [9.17, 15) is 19.7 Å². The summed E-state index contributed by atoms with van der Waals surface area (Å²) >= 11 is 0. The fraction of sp³-hybridized carbons (Fsp3) is 0.273. The minimum Gasteiger partial charge on any atom is -0.493 e. The first-order valence-corrected chi connectivity index (χ1v) is 9.76. The maximum absolute atomic E-state index is 12.8. The first-order chi connectivity index (χ1) is 15.2. The van der Waals surface area contributed by atoms with E-state index in [4.69, 9.17) is 15.2 Å². The fourth-order valence-electron chi connectivity index (χ4n) is 3.48. The van der Waals surface area contributed by atoms with Gasteiger partial charge in [0.2, 0.25) is 6.54 Å². The third kappa shape index (κ3) is 4.48. The minimum absolute atomic E-state index is 0.0219. The summed E-state index contributed by atoms with van der Waals surface area (Å²) in [6, 6.07) is 14.4. The van der Waals surface area contributed by atoms with Crippen molar-refractivity contribution in [3.63, 3.8) is 0 Å². The number of rotatable bonds is 8. The molecule has 2 N–H and O–H groups in total. The van der Waals surface area contributed by atoms with Gasteiger partial charge in [-0.3, -0.25) is 24.0 Å². The molecule has 0 bridgehead atoms. The van der Waals surface area contributed by atoms with Crippen LogP contribution in [0.2, 0.25) is 0 Å². The molecule has 1 aromatic heterocycles. The second-order valence-electron chi connectivity index (χ2n) is 7.26. The van der Waals surface area contributed by atoms with Gasteiger partial charge < -0.3 is 15.2 Å². The van der Waals surface area contributed by atoms with E-state index in [2.05, 4.69) is 0 Å². The van der Waals surface area contributed by atoms with E-state index in [1.807, 2.05) is 30.3 Å². The first-order valence-electron chi connectivity index (χ1n) is 9.76. The van der Waals surface area contributed by atoms with E-state index < -0.39 is 28.6 Å². The summed E-state index contributed by atoms with van der Waals surface area (Å²) in [5.41, 5.74) is 6.14. The Kier molecular flexibility index (Phi) is 6.62. The van der Waals surface area contributed by atoms with E-state index >= 15 is 0 Å². The SMILES string of the molecule is COc1cc(C(C[N+](=O)[O-])c2c(N)n(C)c(=O)n(C)c2=O)ccc1OCc1ccccc1. The minimum atomic E-state index is -0.993. The van der Waals surface area contributed by atoms with E-state index in [1.54, 1.807) is 18.2 Å². The van der Waals surface area contributed by atoms with Gasteiger partial charge in [-0.2, -0.15) is 0 Å². The van der Waals surface area contributed by atoms with Gasteiger partial charge in [0.05, 0.1) is 18.6 Å². The van der Waals surface area contributed by atoms with Crippen molar-refractivity contribution in [1.82, 2.24) is 9.13 Å². The van der Waals surface area contributed by atoms with Crippen molar-refractivity contribution < 1.29 is 14.4 Å². The lowest BCUT2D eigenvalue weighted by Crippen LogP contribution is -2.42. The van der Waals surface area contributed by atoms with Gasteiger partial charge in [-0.15, -0.1) is 0 Å². The second-order valence-corrected chi connectivity index (χ2v) is 7.26. The van der Waals surface area contributed by atoms with Gasteiger partial charge in [-0.1, -0.05) is 36.4 Å². The van der Waals surface area contributed by atoms with Gasteiger partial charge >= 0.3 is 5.69 Å². The molecule has 1 atom stereocenters. The van der Waals surface area contributed by atoms with E-state index in [0.717, 1.165) is 14.7 Å². The Hall–Kier alpha value is -4.08. The lowest BCUT2D eigenvalue weighted by molar-refractivity contribution is -0.481. The van der Waals surface area contributed by atoms with E-state index in [0.29, 0.717) is 23.7 Å². The molecule has 1 unspecified atom stereocenters. The van der Waals surface area contributed by atoms with Gasteiger partial charge in [0, 0.05) is 19.0 Å². The van der Waals surface area contributed by atoms with Gasteiger partial charge in [0.15, 0.2) is 11.5 Å². The molecule has 3 aromatic rings. The number of nitrogens with zero attached hydrogens (tertiary/aromatic N) is 3. The summed E-state index contributed by atoms with van der Waals surface area (Å²) in [6.45, 7) is -0.284. The van der Waals surface area contributed by atoms with Gasteiger partial charge in [-0.25, -0.2) is 4.79 Å². The Bertz CT molecular complexity index is 1250. The van der Waals surface area contributed by atoms with Crippen LogP contribution in [0.4, 0.5) is 5.82 Å². The number of nitrogens with two attached hydrogens (primary N) is 1. The van der Waals surface area contributed by atoms with Gasteiger partial charge in [-0.05, 0) is 23.3 Å². The third-order valence-electron chi connectivity index (χ3n) is 5.25. The Morgan fingerprint density at radius 3 is 2.38 bits per heavy atom. The molecule has 3 rings (SSSR count). The van der Waals surface area contributed by atoms with Crippen LogP contribution in [-0.4, -0.2) is 27.7 Å². The Balaban J connectivity index is 2.05. The fourth-order valence-corrected chi connectivity index (χ4v) is 3.48. The number of aromatic nitrogens is 2. The molecule has 0 amide bonds. The van der Waals surface area contributed by atoms with Crippen molar-refractivity contribution in [3.8, 4) is 11.5 Å². The highest BCUT2D eigenvalue weighted by Gasteiger charge is 2.29. The molecule has 1 heterocycles. The van der Waals surface area contributed by atoms with E-state index in [-0.39, 0.29) is 11.4 Å². The number of benzene rings is 2. The van der Waals surface area contributed by atoms with Crippen molar-refractivity contribution in [3.05, 3.63) is 96.2 Å². The topological polar surface area (TPSA) is 132 Å². The highest BCUT2D eigenvalue weighted by atomic mass is 16.6. The molecule has 0 radical (unpaired) electrons. The number of anilines is 1. The molecule has 0 aliphatic heterocycles. The normalized spacial score (nSPS) is 11.7. The number of hydrogen-bond acceptors (Lipinski definition) is 7. The molecule has 0 saturated heterocycles. The quantitative estimate of drug-likeness (QED) is 0.416. The number of nitrogen functional groups attached to an aromatic ring is 1. The van der Waals surface area contributed by atoms with Crippen molar-refractivity contribution in [2.75, 3.05) is 19.4 Å². The Morgan fingerprint density at radius 2 is 1.75 bits per heavy atom. The predicted molar refractivity (Wildman–Crippen MR) is 119 cm³/mol. The van der Waals surface area contributed by atoms with Crippen molar-refractivity contribution >= 4 is 5.82 Å². The van der Waals surface area contributed by atoms with Crippen LogP contribution in [0.25, 0.3) is 0 Å². The molecular weight excluding hydrogens is 416 g/mol. The third-order valence-corrected chi connectivity index (χ3v) is 5.25. The molecular formula is C22H24N4O6.